The lowest BCUT2D eigenvalue weighted by Gasteiger charge is -2.13. The molecule has 0 aliphatic rings. The summed E-state index contributed by atoms with van der Waals surface area (Å²) in [6.45, 7) is 10.4. The maximum Gasteiger partial charge on any atom is 0.294 e. The molecule has 0 unspecified atom stereocenters. The van der Waals surface area contributed by atoms with Crippen molar-refractivity contribution in [3.8, 4) is 17.2 Å². The number of phenolic OH excluding ortho intramolecular Hbond substituents is 1. The summed E-state index contributed by atoms with van der Waals surface area (Å²) >= 11 is 0. The van der Waals surface area contributed by atoms with Gasteiger partial charge in [-0.25, -0.2) is 0 Å². The van der Waals surface area contributed by atoms with E-state index in [-0.39, 0.29) is 18.1 Å². The van der Waals surface area contributed by atoms with Gasteiger partial charge in [0.05, 0.1) is 5.52 Å². The van der Waals surface area contributed by atoms with Crippen molar-refractivity contribution in [2.45, 2.75) is 33.6 Å². The van der Waals surface area contributed by atoms with Gasteiger partial charge in [0.1, 0.15) is 19.0 Å². The highest BCUT2D eigenvalue weighted by Gasteiger charge is 2.15. The zero-order valence-electron chi connectivity index (χ0n) is 16.2. The Hall–Kier alpha value is -2.95. The number of pyridine rings is 1. The van der Waals surface area contributed by atoms with Crippen LogP contribution >= 0.6 is 0 Å². The number of rotatable bonds is 9. The van der Waals surface area contributed by atoms with Gasteiger partial charge < -0.3 is 19.6 Å². The Morgan fingerprint density at radius 3 is 2.59 bits per heavy atom. The molecular weight excluding hydrogens is 342 g/mol. The molecule has 27 heavy (non-hydrogen) atoms. The maximum atomic E-state index is 12.4. The summed E-state index contributed by atoms with van der Waals surface area (Å²) in [7, 11) is 0. The van der Waals surface area contributed by atoms with Crippen molar-refractivity contribution < 1.29 is 14.6 Å². The van der Waals surface area contributed by atoms with E-state index in [1.165, 1.54) is 17.2 Å². The van der Waals surface area contributed by atoms with Gasteiger partial charge in [0, 0.05) is 11.5 Å². The number of nitrogens with one attached hydrogen (secondary N) is 1. The number of benzene rings is 1. The number of aromatic nitrogens is 1. The molecule has 2 aromatic rings. The van der Waals surface area contributed by atoms with Gasteiger partial charge >= 0.3 is 0 Å². The first-order chi connectivity index (χ1) is 12.9. The van der Waals surface area contributed by atoms with Gasteiger partial charge in [0.15, 0.2) is 5.75 Å². The molecule has 1 aromatic carbocycles. The van der Waals surface area contributed by atoms with Crippen molar-refractivity contribution in [2.24, 2.45) is 0 Å². The summed E-state index contributed by atoms with van der Waals surface area (Å²) in [6.07, 6.45) is 7.72. The highest BCUT2D eigenvalue weighted by Crippen LogP contribution is 2.33. The van der Waals surface area contributed by atoms with Gasteiger partial charge in [0.2, 0.25) is 5.75 Å². The van der Waals surface area contributed by atoms with Crippen LogP contribution in [0.3, 0.4) is 0 Å². The van der Waals surface area contributed by atoms with E-state index in [0.717, 1.165) is 12.8 Å². The molecule has 0 amide bonds. The predicted octanol–water partition coefficient (Wildman–Crippen LogP) is 4.87. The van der Waals surface area contributed by atoms with Crippen LogP contribution in [0, 0.1) is 0 Å². The summed E-state index contributed by atoms with van der Waals surface area (Å²) in [5.74, 6) is 0.548. The topological polar surface area (TPSA) is 71.5 Å². The molecule has 0 saturated carbocycles. The zero-order valence-corrected chi connectivity index (χ0v) is 16.2. The molecule has 0 aliphatic heterocycles. The summed E-state index contributed by atoms with van der Waals surface area (Å²) in [6, 6.07) is 4.73. The lowest BCUT2D eigenvalue weighted by molar-refractivity contribution is 0.307. The van der Waals surface area contributed by atoms with Gasteiger partial charge in [0.25, 0.3) is 5.56 Å². The summed E-state index contributed by atoms with van der Waals surface area (Å²) in [5.41, 5.74) is 2.61. The molecule has 1 heterocycles. The van der Waals surface area contributed by atoms with E-state index < -0.39 is 5.56 Å². The van der Waals surface area contributed by atoms with Crippen molar-refractivity contribution in [3.05, 3.63) is 64.5 Å². The van der Waals surface area contributed by atoms with Crippen LogP contribution in [0.25, 0.3) is 10.9 Å². The first kappa shape index (κ1) is 20.4. The Morgan fingerprint density at radius 1 is 1.15 bits per heavy atom. The van der Waals surface area contributed by atoms with Crippen LogP contribution < -0.4 is 15.0 Å². The standard InChI is InChI=1S/C22H27NO4/c1-5-12-26-21-20(27-13-11-16(4)8-6-7-15(2)3)18-10-9-17(24)14-19(18)23-22(21)25/h5,7,9-11,14,24H,1,6,8,12-13H2,2-4H3,(H,23,25)/b16-11+. The van der Waals surface area contributed by atoms with E-state index in [1.54, 1.807) is 18.2 Å². The third-order valence-corrected chi connectivity index (χ3v) is 4.00. The van der Waals surface area contributed by atoms with Crippen LogP contribution in [0.4, 0.5) is 0 Å². The van der Waals surface area contributed by atoms with E-state index in [2.05, 4.69) is 38.4 Å². The number of aromatic hydroxyl groups is 1. The fourth-order valence-electron chi connectivity index (χ4n) is 2.61. The second-order valence-corrected chi connectivity index (χ2v) is 6.62. The van der Waals surface area contributed by atoms with E-state index >= 15 is 0 Å². The van der Waals surface area contributed by atoms with Crippen LogP contribution in [-0.4, -0.2) is 23.3 Å². The van der Waals surface area contributed by atoms with E-state index in [9.17, 15) is 9.90 Å². The molecule has 0 aliphatic carbocycles. The Kier molecular flexibility index (Phi) is 7.29. The molecule has 5 heteroatoms. The predicted molar refractivity (Wildman–Crippen MR) is 110 cm³/mol. The van der Waals surface area contributed by atoms with E-state index in [1.807, 2.05) is 6.08 Å². The summed E-state index contributed by atoms with van der Waals surface area (Å²) in [5, 5.41) is 10.3. The lowest BCUT2D eigenvalue weighted by Crippen LogP contribution is -2.14. The molecule has 0 radical (unpaired) electrons. The maximum absolute atomic E-state index is 12.4. The molecule has 0 spiro atoms. The highest BCUT2D eigenvalue weighted by molar-refractivity contribution is 5.88. The van der Waals surface area contributed by atoms with Gasteiger partial charge in [-0.2, -0.15) is 0 Å². The quantitative estimate of drug-likeness (QED) is 0.619. The molecular formula is C22H27NO4. The van der Waals surface area contributed by atoms with Crippen LogP contribution in [0.1, 0.15) is 33.6 Å². The minimum absolute atomic E-state index is 0.0684. The van der Waals surface area contributed by atoms with Crippen LogP contribution in [0.2, 0.25) is 0 Å². The van der Waals surface area contributed by atoms with Gasteiger partial charge in [-0.1, -0.05) is 29.9 Å². The number of allylic oxidation sites excluding steroid dienone is 3. The number of hydrogen-bond acceptors (Lipinski definition) is 4. The SMILES string of the molecule is C=CCOc1c(OC/C=C(\C)CCC=C(C)C)c2ccc(O)cc2[nH]c1=O. The monoisotopic (exact) mass is 369 g/mol. The minimum Gasteiger partial charge on any atom is -0.508 e. The molecule has 0 bridgehead atoms. The average molecular weight is 369 g/mol. The minimum atomic E-state index is -0.408. The van der Waals surface area contributed by atoms with E-state index in [4.69, 9.17) is 9.47 Å². The van der Waals surface area contributed by atoms with Crippen LogP contribution in [0.5, 0.6) is 17.2 Å². The number of fused-ring (bicyclic) bond motifs is 1. The molecule has 2 N–H and O–H groups in total. The Bertz CT molecular complexity index is 918. The summed E-state index contributed by atoms with van der Waals surface area (Å²) in [4.78, 5) is 15.1. The van der Waals surface area contributed by atoms with Gasteiger partial charge in [-0.05, 0) is 51.8 Å². The summed E-state index contributed by atoms with van der Waals surface area (Å²) < 4.78 is 11.4. The molecule has 5 nitrogen and oxygen atoms in total. The van der Waals surface area contributed by atoms with Gasteiger partial charge in [-0.15, -0.1) is 0 Å². The number of hydrogen-bond donors (Lipinski definition) is 2. The fourth-order valence-corrected chi connectivity index (χ4v) is 2.61. The molecule has 0 fully saturated rings. The van der Waals surface area contributed by atoms with Crippen molar-refractivity contribution in [2.75, 3.05) is 13.2 Å². The Morgan fingerprint density at radius 2 is 1.89 bits per heavy atom. The van der Waals surface area contributed by atoms with Crippen molar-refractivity contribution in [1.29, 1.82) is 0 Å². The van der Waals surface area contributed by atoms with Crippen LogP contribution in [0.15, 0.2) is 58.9 Å². The molecule has 0 atom stereocenters. The third-order valence-electron chi connectivity index (χ3n) is 4.00. The first-order valence-corrected chi connectivity index (χ1v) is 8.97. The second-order valence-electron chi connectivity index (χ2n) is 6.62. The van der Waals surface area contributed by atoms with Crippen molar-refractivity contribution in [3.63, 3.8) is 0 Å². The third kappa shape index (κ3) is 5.78. The largest absolute Gasteiger partial charge is 0.508 e. The molecule has 144 valence electrons. The molecule has 1 aromatic heterocycles. The smallest absolute Gasteiger partial charge is 0.294 e. The van der Waals surface area contributed by atoms with Crippen molar-refractivity contribution >= 4 is 10.9 Å². The Labute approximate surface area is 159 Å². The Balaban J connectivity index is 2.27. The average Bonchev–Trinajstić information content (AvgIpc) is 2.60. The van der Waals surface area contributed by atoms with Crippen LogP contribution in [-0.2, 0) is 0 Å². The number of H-pyrrole nitrogens is 1. The number of ether oxygens (including phenoxy) is 2. The van der Waals surface area contributed by atoms with Gasteiger partial charge in [-0.3, -0.25) is 4.79 Å². The number of phenols is 1. The number of aromatic amines is 1. The fraction of sp³-hybridized carbons (Fsp3) is 0.318. The van der Waals surface area contributed by atoms with E-state index in [0.29, 0.717) is 23.3 Å². The second kappa shape index (κ2) is 9.67. The molecule has 2 rings (SSSR count). The normalized spacial score (nSPS) is 11.3. The zero-order chi connectivity index (χ0) is 19.8. The first-order valence-electron chi connectivity index (χ1n) is 8.97. The highest BCUT2D eigenvalue weighted by atomic mass is 16.5. The van der Waals surface area contributed by atoms with Crippen molar-refractivity contribution in [1.82, 2.24) is 4.98 Å². The lowest BCUT2D eigenvalue weighted by atomic mass is 10.1. The molecule has 0 saturated heterocycles.